The molecule has 0 radical (unpaired) electrons. The number of nitrogens with zero attached hydrogens (tertiary/aromatic N) is 6. The van der Waals surface area contributed by atoms with Crippen LogP contribution in [-0.4, -0.2) is 84.5 Å². The molecule has 6 heterocycles. The van der Waals surface area contributed by atoms with E-state index in [1.165, 1.54) is 16.2 Å². The van der Waals surface area contributed by atoms with E-state index in [4.69, 9.17) is 15.3 Å². The third-order valence-electron chi connectivity index (χ3n) is 15.8. The minimum atomic E-state index is -3.68. The summed E-state index contributed by atoms with van der Waals surface area (Å²) >= 11 is 0. The van der Waals surface area contributed by atoms with Gasteiger partial charge in [-0.25, -0.2) is 39.4 Å². The number of rotatable bonds is 21. The Hall–Kier alpha value is -7.65. The van der Waals surface area contributed by atoms with E-state index in [0.717, 1.165) is 67.2 Å². The Morgan fingerprint density at radius 1 is 0.376 bits per heavy atom. The third-order valence-corrected chi connectivity index (χ3v) is 23.1. The van der Waals surface area contributed by atoms with Crippen molar-refractivity contribution in [3.8, 4) is 0 Å². The van der Waals surface area contributed by atoms with E-state index < -0.39 is 62.5 Å². The van der Waals surface area contributed by atoms with Crippen LogP contribution in [0.2, 0.25) is 0 Å². The molecule has 3 N–H and O–H groups in total. The van der Waals surface area contributed by atoms with E-state index in [-0.39, 0.29) is 18.1 Å². The molecule has 9 aromatic rings. The monoisotopic (exact) mass is 1370 g/mol. The molecule has 4 unspecified atom stereocenters. The normalized spacial score (nSPS) is 17.5. The van der Waals surface area contributed by atoms with E-state index in [0.29, 0.717) is 90.5 Å². The van der Waals surface area contributed by atoms with Gasteiger partial charge in [-0.15, -0.1) is 0 Å². The van der Waals surface area contributed by atoms with E-state index >= 15 is 0 Å². The average Bonchev–Trinajstić information content (AvgIpc) is 1.71. The molecule has 486 valence electrons. The van der Waals surface area contributed by atoms with Gasteiger partial charge in [-0.05, 0) is 72.4 Å². The fourth-order valence-corrected chi connectivity index (χ4v) is 17.7. The highest BCUT2D eigenvalue weighted by atomic mass is 32.2. The number of aryl methyl sites for hydroxylation is 3. The quantitative estimate of drug-likeness (QED) is 0.0609. The highest BCUT2D eigenvalue weighted by Gasteiger charge is 2.27. The lowest BCUT2D eigenvalue weighted by molar-refractivity contribution is 0.574. The second-order valence-corrected chi connectivity index (χ2v) is 32.3. The van der Waals surface area contributed by atoms with Crippen molar-refractivity contribution in [3.05, 3.63) is 282 Å². The zero-order valence-corrected chi connectivity index (χ0v) is 56.7. The summed E-state index contributed by atoms with van der Waals surface area (Å²) in [5, 5.41) is 17.7. The summed E-state index contributed by atoms with van der Waals surface area (Å²) in [6.45, 7) is 7.00. The average molecular weight is 1370 g/mol. The summed E-state index contributed by atoms with van der Waals surface area (Å²) in [4.78, 5) is 0. The van der Waals surface area contributed by atoms with Gasteiger partial charge < -0.3 is 0 Å². The van der Waals surface area contributed by atoms with Crippen LogP contribution >= 0.6 is 0 Å². The zero-order valence-electron chi connectivity index (χ0n) is 51.8. The van der Waals surface area contributed by atoms with Gasteiger partial charge in [0.1, 0.15) is 0 Å². The Morgan fingerprint density at radius 2 is 0.602 bits per heavy atom. The first-order valence-electron chi connectivity index (χ1n) is 30.4. The molecule has 3 aromatic heterocycles. The van der Waals surface area contributed by atoms with Crippen molar-refractivity contribution >= 4 is 80.7 Å². The van der Waals surface area contributed by atoms with Crippen molar-refractivity contribution in [3.63, 3.8) is 0 Å². The van der Waals surface area contributed by atoms with Crippen LogP contribution in [0.3, 0.4) is 0 Å². The standard InChI is InChI=1S/3C23H25N3O3S2/c3*1-18(20-10-6-3-7-11-20)25-31(28,29)15-13-23-21-17-30(27)14-12-22(21)24-26(23)16-19-8-4-2-5-9-19/h3*2-11,13,15,18,25H,12,14,16-17H2,1H3/b3*15-13+/t2*18-,30?;/m10./s1. The molecule has 3 aliphatic heterocycles. The molecular formula is C69H75N9O9S6. The number of fused-ring (bicyclic) bond motifs is 3. The Bertz CT molecular complexity index is 4070. The second kappa shape index (κ2) is 31.5. The maximum Gasteiger partial charge on any atom is 0.234 e. The van der Waals surface area contributed by atoms with E-state index in [2.05, 4.69) is 14.2 Å². The van der Waals surface area contributed by atoms with Crippen molar-refractivity contribution < 1.29 is 37.9 Å². The van der Waals surface area contributed by atoms with Gasteiger partial charge in [0.25, 0.3) is 0 Å². The first-order chi connectivity index (χ1) is 44.7. The topological polar surface area (TPSA) is 243 Å². The molecule has 0 spiro atoms. The van der Waals surface area contributed by atoms with Gasteiger partial charge in [-0.1, -0.05) is 182 Å². The smallest absolute Gasteiger partial charge is 0.234 e. The summed E-state index contributed by atoms with van der Waals surface area (Å²) in [6.07, 6.45) is 6.66. The molecule has 93 heavy (non-hydrogen) atoms. The largest absolute Gasteiger partial charge is 0.260 e. The Kier molecular flexibility index (Phi) is 23.1. The van der Waals surface area contributed by atoms with Crippen molar-refractivity contribution in [2.75, 3.05) is 17.3 Å². The van der Waals surface area contributed by atoms with Crippen molar-refractivity contribution in [1.29, 1.82) is 0 Å². The lowest BCUT2D eigenvalue weighted by Crippen LogP contribution is -2.24. The van der Waals surface area contributed by atoms with Crippen molar-refractivity contribution in [2.24, 2.45) is 0 Å². The number of nitrogens with one attached hydrogen (secondary N) is 3. The minimum absolute atomic E-state index is 0.355. The fourth-order valence-electron chi connectivity index (χ4n) is 11.0. The fraction of sp³-hybridized carbons (Fsp3) is 0.261. The molecule has 12 rings (SSSR count). The van der Waals surface area contributed by atoms with Gasteiger partial charge in [0.05, 0.1) is 71.1 Å². The van der Waals surface area contributed by atoms with Gasteiger partial charge in [-0.2, -0.15) is 15.3 Å². The number of hydrogen-bond donors (Lipinski definition) is 3. The summed E-state index contributed by atoms with van der Waals surface area (Å²) < 4.78 is 126. The van der Waals surface area contributed by atoms with Crippen molar-refractivity contribution in [1.82, 2.24) is 43.5 Å². The first-order valence-corrected chi connectivity index (χ1v) is 39.5. The Morgan fingerprint density at radius 3 is 0.839 bits per heavy atom. The maximum atomic E-state index is 12.7. The molecule has 3 aliphatic rings. The van der Waals surface area contributed by atoms with Crippen LogP contribution in [0.25, 0.3) is 18.2 Å². The van der Waals surface area contributed by atoms with E-state index in [9.17, 15) is 37.9 Å². The zero-order chi connectivity index (χ0) is 65.5. The molecule has 6 aromatic carbocycles. The van der Waals surface area contributed by atoms with Crippen LogP contribution in [-0.2, 0) is 119 Å². The number of sulfonamides is 3. The molecule has 0 bridgehead atoms. The highest BCUT2D eigenvalue weighted by molar-refractivity contribution is 7.93. The summed E-state index contributed by atoms with van der Waals surface area (Å²) in [5.74, 6) is 2.97. The molecule has 24 heteroatoms. The summed E-state index contributed by atoms with van der Waals surface area (Å²) in [6, 6.07) is 56.9. The summed E-state index contributed by atoms with van der Waals surface area (Å²) in [5.41, 5.74) is 13.3. The van der Waals surface area contributed by atoms with Gasteiger partial charge >= 0.3 is 0 Å². The number of benzene rings is 6. The molecular weight excluding hydrogens is 1290 g/mol. The molecule has 0 saturated carbocycles. The van der Waals surface area contributed by atoms with Crippen LogP contribution in [0, 0.1) is 0 Å². The lowest BCUT2D eigenvalue weighted by atomic mass is 10.1. The highest BCUT2D eigenvalue weighted by Crippen LogP contribution is 2.29. The summed E-state index contributed by atoms with van der Waals surface area (Å²) in [7, 11) is -13.9. The molecule has 6 atom stereocenters. The van der Waals surface area contributed by atoms with Crippen LogP contribution in [0.15, 0.2) is 198 Å². The van der Waals surface area contributed by atoms with Crippen molar-refractivity contribution in [2.45, 2.75) is 95.1 Å². The van der Waals surface area contributed by atoms with Crippen LogP contribution in [0.4, 0.5) is 0 Å². The predicted molar refractivity (Wildman–Crippen MR) is 372 cm³/mol. The van der Waals surface area contributed by atoms with Crippen LogP contribution in [0.5, 0.6) is 0 Å². The molecule has 0 saturated heterocycles. The predicted octanol–water partition coefficient (Wildman–Crippen LogP) is 10.2. The molecule has 0 fully saturated rings. The minimum Gasteiger partial charge on any atom is -0.260 e. The SMILES string of the molecule is CC(NS(=O)(=O)/C=C/c1c2c(nn1Cc1ccccc1)CCS(=O)C2)c1ccccc1.C[C@@H](NS(=O)(=O)/C=C/c1c2c(nn1Cc1ccccc1)CCS(=O)C2)c1ccccc1.C[C@H](NS(=O)(=O)/C=C/c1c2c(nn1Cc1ccccc1)CCS(=O)C2)c1ccccc1. The van der Waals surface area contributed by atoms with Gasteiger partial charge in [0, 0.05) is 120 Å². The Balaban J connectivity index is 0.000000153. The molecule has 0 aliphatic carbocycles. The first kappa shape index (κ1) is 68.2. The lowest BCUT2D eigenvalue weighted by Gasteiger charge is -2.13. The number of hydrogen-bond acceptors (Lipinski definition) is 12. The molecule has 0 amide bonds. The van der Waals surface area contributed by atoms with Gasteiger partial charge in [0.15, 0.2) is 0 Å². The van der Waals surface area contributed by atoms with Gasteiger partial charge in [-0.3, -0.25) is 26.7 Å². The molecule has 18 nitrogen and oxygen atoms in total. The van der Waals surface area contributed by atoms with Crippen LogP contribution < -0.4 is 14.2 Å². The van der Waals surface area contributed by atoms with E-state index in [1.807, 2.05) is 217 Å². The van der Waals surface area contributed by atoms with Crippen LogP contribution in [0.1, 0.15) is 123 Å². The third kappa shape index (κ3) is 19.3. The second-order valence-electron chi connectivity index (χ2n) is 22.8. The maximum absolute atomic E-state index is 12.7. The Labute approximate surface area is 552 Å². The number of aromatic nitrogens is 6. The van der Waals surface area contributed by atoms with Gasteiger partial charge in [0.2, 0.25) is 30.1 Å². The van der Waals surface area contributed by atoms with E-state index in [1.54, 1.807) is 18.2 Å².